The number of ether oxygens (including phenoxy) is 1. The molecule has 0 amide bonds. The van der Waals surface area contributed by atoms with Gasteiger partial charge in [0, 0.05) is 24.7 Å². The molecule has 5 nitrogen and oxygen atoms in total. The Kier molecular flexibility index (Phi) is 4.87. The number of hydrogen-bond acceptors (Lipinski definition) is 5. The Morgan fingerprint density at radius 2 is 2.10 bits per heavy atom. The lowest BCUT2D eigenvalue weighted by Gasteiger charge is -2.12. The van der Waals surface area contributed by atoms with E-state index in [0.29, 0.717) is 23.1 Å². The van der Waals surface area contributed by atoms with Gasteiger partial charge in [0.15, 0.2) is 5.75 Å². The summed E-state index contributed by atoms with van der Waals surface area (Å²) >= 11 is 5.89. The minimum atomic E-state index is 0.271. The third-order valence-corrected chi connectivity index (χ3v) is 2.82. The van der Waals surface area contributed by atoms with Crippen LogP contribution in [0.1, 0.15) is 31.3 Å². The lowest BCUT2D eigenvalue weighted by molar-refractivity contribution is 0.462. The Balaban J connectivity index is 2.30. The highest BCUT2D eigenvalue weighted by atomic mass is 35.5. The van der Waals surface area contributed by atoms with E-state index >= 15 is 0 Å². The first-order chi connectivity index (χ1) is 9.60. The SMILES string of the molecule is CNCc1nc(C(C)C)ncc1Oc1cncc(Cl)c1. The summed E-state index contributed by atoms with van der Waals surface area (Å²) in [6.45, 7) is 4.71. The number of hydrogen-bond donors (Lipinski definition) is 1. The van der Waals surface area contributed by atoms with Crippen LogP contribution in [0.25, 0.3) is 0 Å². The molecular weight excluding hydrogens is 276 g/mol. The van der Waals surface area contributed by atoms with E-state index in [1.807, 2.05) is 7.05 Å². The van der Waals surface area contributed by atoms with Gasteiger partial charge >= 0.3 is 0 Å². The molecule has 0 saturated heterocycles. The molecule has 0 unspecified atom stereocenters. The van der Waals surface area contributed by atoms with Crippen LogP contribution in [0.3, 0.4) is 0 Å². The van der Waals surface area contributed by atoms with Gasteiger partial charge in [0.25, 0.3) is 0 Å². The van der Waals surface area contributed by atoms with Crippen molar-refractivity contribution in [1.82, 2.24) is 20.3 Å². The number of nitrogens with one attached hydrogen (secondary N) is 1. The topological polar surface area (TPSA) is 59.9 Å². The fourth-order valence-electron chi connectivity index (χ4n) is 1.65. The number of pyridine rings is 1. The largest absolute Gasteiger partial charge is 0.452 e. The number of aromatic nitrogens is 3. The molecule has 6 heteroatoms. The van der Waals surface area contributed by atoms with Crippen LogP contribution in [0, 0.1) is 0 Å². The number of halogens is 1. The van der Waals surface area contributed by atoms with E-state index in [4.69, 9.17) is 16.3 Å². The summed E-state index contributed by atoms with van der Waals surface area (Å²) in [6, 6.07) is 1.70. The van der Waals surface area contributed by atoms with Crippen molar-refractivity contribution in [2.45, 2.75) is 26.3 Å². The van der Waals surface area contributed by atoms with E-state index in [1.54, 1.807) is 24.7 Å². The van der Waals surface area contributed by atoms with Crippen LogP contribution in [0.2, 0.25) is 5.02 Å². The third kappa shape index (κ3) is 3.65. The zero-order valence-corrected chi connectivity index (χ0v) is 12.5. The van der Waals surface area contributed by atoms with Gasteiger partial charge in [0.2, 0.25) is 0 Å². The number of nitrogens with zero attached hydrogens (tertiary/aromatic N) is 3. The molecule has 1 N–H and O–H groups in total. The Labute approximate surface area is 123 Å². The molecule has 2 rings (SSSR count). The van der Waals surface area contributed by atoms with Crippen molar-refractivity contribution in [3.8, 4) is 11.5 Å². The van der Waals surface area contributed by atoms with Crippen LogP contribution in [-0.4, -0.2) is 22.0 Å². The molecule has 20 heavy (non-hydrogen) atoms. The van der Waals surface area contributed by atoms with Crippen molar-refractivity contribution in [1.29, 1.82) is 0 Å². The van der Waals surface area contributed by atoms with Gasteiger partial charge in [-0.25, -0.2) is 9.97 Å². The van der Waals surface area contributed by atoms with Crippen LogP contribution in [0.15, 0.2) is 24.7 Å². The maximum absolute atomic E-state index is 5.89. The minimum Gasteiger partial charge on any atom is -0.452 e. The maximum Gasteiger partial charge on any atom is 0.168 e. The molecule has 0 saturated carbocycles. The van der Waals surface area contributed by atoms with Crippen LogP contribution >= 0.6 is 11.6 Å². The average molecular weight is 293 g/mol. The van der Waals surface area contributed by atoms with Crippen LogP contribution in [0.4, 0.5) is 0 Å². The molecule has 0 atom stereocenters. The van der Waals surface area contributed by atoms with Gasteiger partial charge in [-0.15, -0.1) is 0 Å². The normalized spacial score (nSPS) is 10.8. The molecule has 0 radical (unpaired) electrons. The summed E-state index contributed by atoms with van der Waals surface area (Å²) in [4.78, 5) is 12.8. The monoisotopic (exact) mass is 292 g/mol. The smallest absolute Gasteiger partial charge is 0.168 e. The van der Waals surface area contributed by atoms with E-state index in [2.05, 4.69) is 34.1 Å². The lowest BCUT2D eigenvalue weighted by Crippen LogP contribution is -2.11. The Morgan fingerprint density at radius 1 is 1.30 bits per heavy atom. The molecule has 2 aromatic heterocycles. The lowest BCUT2D eigenvalue weighted by atomic mass is 10.2. The quantitative estimate of drug-likeness (QED) is 0.917. The molecule has 106 valence electrons. The Hall–Kier alpha value is -1.72. The van der Waals surface area contributed by atoms with Crippen LogP contribution in [-0.2, 0) is 6.54 Å². The summed E-state index contributed by atoms with van der Waals surface area (Å²) in [5, 5.41) is 3.60. The molecule has 2 heterocycles. The van der Waals surface area contributed by atoms with Crippen molar-refractivity contribution >= 4 is 11.6 Å². The summed E-state index contributed by atoms with van der Waals surface area (Å²) in [6.07, 6.45) is 4.85. The van der Waals surface area contributed by atoms with Gasteiger partial charge in [0.1, 0.15) is 17.3 Å². The third-order valence-electron chi connectivity index (χ3n) is 2.62. The van der Waals surface area contributed by atoms with Gasteiger partial charge in [-0.3, -0.25) is 4.98 Å². The van der Waals surface area contributed by atoms with Crippen molar-refractivity contribution in [2.24, 2.45) is 0 Å². The fourth-order valence-corrected chi connectivity index (χ4v) is 1.82. The van der Waals surface area contributed by atoms with Gasteiger partial charge in [0.05, 0.1) is 17.4 Å². The highest BCUT2D eigenvalue weighted by Gasteiger charge is 2.11. The molecule has 0 aliphatic rings. The van der Waals surface area contributed by atoms with E-state index in [9.17, 15) is 0 Å². The van der Waals surface area contributed by atoms with Gasteiger partial charge in [-0.05, 0) is 7.05 Å². The first kappa shape index (κ1) is 14.7. The van der Waals surface area contributed by atoms with Crippen molar-refractivity contribution < 1.29 is 4.74 Å². The zero-order chi connectivity index (χ0) is 14.5. The van der Waals surface area contributed by atoms with Crippen LogP contribution < -0.4 is 10.1 Å². The van der Waals surface area contributed by atoms with E-state index < -0.39 is 0 Å². The molecule has 0 spiro atoms. The van der Waals surface area contributed by atoms with Gasteiger partial charge < -0.3 is 10.1 Å². The standard InChI is InChI=1S/C14H17ClN4O/c1-9(2)14-18-8-13(12(19-14)7-16-3)20-11-4-10(15)5-17-6-11/h4-6,8-9,16H,7H2,1-3H3. The van der Waals surface area contributed by atoms with Gasteiger partial charge in [-0.2, -0.15) is 0 Å². The second-order valence-corrected chi connectivity index (χ2v) is 5.10. The van der Waals surface area contributed by atoms with Crippen LogP contribution in [0.5, 0.6) is 11.5 Å². The summed E-state index contributed by atoms with van der Waals surface area (Å²) in [5.41, 5.74) is 0.811. The molecule has 0 aromatic carbocycles. The predicted octanol–water partition coefficient (Wildman–Crippen LogP) is 3.16. The van der Waals surface area contributed by atoms with Gasteiger partial charge in [-0.1, -0.05) is 25.4 Å². The first-order valence-corrected chi connectivity index (χ1v) is 6.76. The maximum atomic E-state index is 5.89. The summed E-state index contributed by atoms with van der Waals surface area (Å²) < 4.78 is 5.77. The fraction of sp³-hybridized carbons (Fsp3) is 0.357. The predicted molar refractivity (Wildman–Crippen MR) is 78.2 cm³/mol. The average Bonchev–Trinajstić information content (AvgIpc) is 2.41. The molecule has 2 aromatic rings. The summed E-state index contributed by atoms with van der Waals surface area (Å²) in [7, 11) is 1.86. The van der Waals surface area contributed by atoms with E-state index in [1.165, 1.54) is 0 Å². The molecule has 0 aliphatic carbocycles. The van der Waals surface area contributed by atoms with E-state index in [0.717, 1.165) is 11.5 Å². The second kappa shape index (κ2) is 6.63. The highest BCUT2D eigenvalue weighted by molar-refractivity contribution is 6.30. The zero-order valence-electron chi connectivity index (χ0n) is 11.7. The first-order valence-electron chi connectivity index (χ1n) is 6.39. The highest BCUT2D eigenvalue weighted by Crippen LogP contribution is 2.25. The van der Waals surface area contributed by atoms with Crippen molar-refractivity contribution in [2.75, 3.05) is 7.05 Å². The van der Waals surface area contributed by atoms with Crippen molar-refractivity contribution in [3.05, 3.63) is 41.2 Å². The summed E-state index contributed by atoms with van der Waals surface area (Å²) in [5.74, 6) is 2.24. The Bertz CT molecular complexity index is 589. The second-order valence-electron chi connectivity index (χ2n) is 4.67. The van der Waals surface area contributed by atoms with Crippen molar-refractivity contribution in [3.63, 3.8) is 0 Å². The molecule has 0 fully saturated rings. The minimum absolute atomic E-state index is 0.271. The van der Waals surface area contributed by atoms with E-state index in [-0.39, 0.29) is 5.92 Å². The molecule has 0 aliphatic heterocycles. The molecular formula is C14H17ClN4O. The Morgan fingerprint density at radius 3 is 2.75 bits per heavy atom. The number of rotatable bonds is 5. The molecule has 0 bridgehead atoms.